The lowest BCUT2D eigenvalue weighted by Gasteiger charge is -2.49. The van der Waals surface area contributed by atoms with Crippen molar-refractivity contribution in [1.82, 2.24) is 4.90 Å². The summed E-state index contributed by atoms with van der Waals surface area (Å²) in [4.78, 5) is 28.2. The SMILES string of the molecule is CC1=C(C#N)[C@@H](c2ccc(C#N)cc2)N(C(C(=O)[O-])C(C)(C)C)C(=O)N1c1cccc(C(F)(F)F)c1. The van der Waals surface area contributed by atoms with Crippen molar-refractivity contribution in [3.05, 3.63) is 76.5 Å². The predicted molar refractivity (Wildman–Crippen MR) is 122 cm³/mol. The molecule has 2 aromatic carbocycles. The van der Waals surface area contributed by atoms with Gasteiger partial charge in [-0.05, 0) is 48.2 Å². The van der Waals surface area contributed by atoms with Gasteiger partial charge in [0.25, 0.3) is 0 Å². The maximum atomic E-state index is 13.9. The van der Waals surface area contributed by atoms with E-state index in [1.807, 2.05) is 12.1 Å². The number of anilines is 1. The molecule has 0 fully saturated rings. The Morgan fingerprint density at radius 1 is 1.06 bits per heavy atom. The summed E-state index contributed by atoms with van der Waals surface area (Å²) in [6.07, 6.45) is -4.69. The number of alkyl halides is 3. The van der Waals surface area contributed by atoms with Crippen LogP contribution in [0.1, 0.15) is 50.4 Å². The number of nitrogens with zero attached hydrogens (tertiary/aromatic N) is 4. The first kappa shape index (κ1) is 26.3. The second kappa shape index (κ2) is 9.38. The predicted octanol–water partition coefficient (Wildman–Crippen LogP) is 4.52. The Morgan fingerprint density at radius 2 is 1.67 bits per heavy atom. The summed E-state index contributed by atoms with van der Waals surface area (Å²) >= 11 is 0. The normalized spacial score (nSPS) is 17.5. The summed E-state index contributed by atoms with van der Waals surface area (Å²) in [7, 11) is 0. The number of hydrogen-bond acceptors (Lipinski definition) is 5. The molecule has 2 aromatic rings. The molecule has 1 aliphatic heterocycles. The van der Waals surface area contributed by atoms with Crippen LogP contribution >= 0.6 is 0 Å². The van der Waals surface area contributed by atoms with Gasteiger partial charge in [-0.1, -0.05) is 39.0 Å². The average molecular weight is 495 g/mol. The summed E-state index contributed by atoms with van der Waals surface area (Å²) in [6, 6.07) is 10.3. The Bertz CT molecular complexity index is 1310. The van der Waals surface area contributed by atoms with Crippen LogP contribution in [0.25, 0.3) is 0 Å². The Kier molecular flexibility index (Phi) is 6.86. The summed E-state index contributed by atoms with van der Waals surface area (Å²) in [6.45, 7) is 6.13. The lowest BCUT2D eigenvalue weighted by atomic mass is 9.82. The van der Waals surface area contributed by atoms with Gasteiger partial charge in [-0.25, -0.2) is 4.79 Å². The fourth-order valence-corrected chi connectivity index (χ4v) is 4.31. The van der Waals surface area contributed by atoms with Crippen LogP contribution < -0.4 is 10.0 Å². The van der Waals surface area contributed by atoms with Gasteiger partial charge in [0.05, 0.1) is 52.6 Å². The Morgan fingerprint density at radius 3 is 2.14 bits per heavy atom. The molecule has 0 N–H and O–H groups in total. The van der Waals surface area contributed by atoms with E-state index < -0.39 is 41.2 Å². The molecule has 1 heterocycles. The van der Waals surface area contributed by atoms with Crippen molar-refractivity contribution in [3.8, 4) is 12.1 Å². The van der Waals surface area contributed by atoms with Crippen LogP contribution in [-0.2, 0) is 11.0 Å². The highest BCUT2D eigenvalue weighted by atomic mass is 19.4. The van der Waals surface area contributed by atoms with E-state index in [2.05, 4.69) is 0 Å². The van der Waals surface area contributed by atoms with E-state index in [1.54, 1.807) is 20.8 Å². The van der Waals surface area contributed by atoms with E-state index >= 15 is 0 Å². The highest BCUT2D eigenvalue weighted by Gasteiger charge is 2.47. The molecule has 1 unspecified atom stereocenters. The van der Waals surface area contributed by atoms with Crippen LogP contribution in [0.3, 0.4) is 0 Å². The fourth-order valence-electron chi connectivity index (χ4n) is 4.31. The zero-order chi connectivity index (χ0) is 27.0. The minimum atomic E-state index is -4.69. The van der Waals surface area contributed by atoms with Crippen LogP contribution in [0.2, 0.25) is 0 Å². The van der Waals surface area contributed by atoms with Crippen LogP contribution in [0.4, 0.5) is 23.7 Å². The molecule has 2 atom stereocenters. The average Bonchev–Trinajstić information content (AvgIpc) is 2.79. The Hall–Kier alpha value is -4.31. The molecule has 3 rings (SSSR count). The number of halogens is 3. The van der Waals surface area contributed by atoms with Crippen molar-refractivity contribution in [3.63, 3.8) is 0 Å². The van der Waals surface area contributed by atoms with Crippen molar-refractivity contribution >= 4 is 17.7 Å². The number of benzene rings is 2. The number of nitriles is 2. The Balaban J connectivity index is 2.34. The van der Waals surface area contributed by atoms with Gasteiger partial charge in [-0.15, -0.1) is 0 Å². The maximum Gasteiger partial charge on any atom is 0.416 e. The van der Waals surface area contributed by atoms with E-state index in [-0.39, 0.29) is 17.0 Å². The molecule has 0 saturated heterocycles. The molecular formula is C26H22F3N4O3-. The molecule has 1 aliphatic rings. The quantitative estimate of drug-likeness (QED) is 0.619. The van der Waals surface area contributed by atoms with Crippen molar-refractivity contribution < 1.29 is 27.9 Å². The molecule has 0 bridgehead atoms. The second-order valence-corrected chi connectivity index (χ2v) is 9.41. The van der Waals surface area contributed by atoms with Crippen LogP contribution in [-0.4, -0.2) is 22.9 Å². The third-order valence-electron chi connectivity index (χ3n) is 5.92. The van der Waals surface area contributed by atoms with E-state index in [1.165, 1.54) is 37.3 Å². The number of urea groups is 1. The number of amides is 2. The van der Waals surface area contributed by atoms with Gasteiger partial charge in [0.15, 0.2) is 0 Å². The minimum absolute atomic E-state index is 0.0350. The van der Waals surface area contributed by atoms with E-state index in [4.69, 9.17) is 5.26 Å². The molecule has 2 amide bonds. The van der Waals surface area contributed by atoms with Gasteiger partial charge in [0.1, 0.15) is 0 Å². The summed E-state index contributed by atoms with van der Waals surface area (Å²) in [5, 5.41) is 31.6. The molecule has 0 saturated carbocycles. The maximum absolute atomic E-state index is 13.9. The number of carbonyl (C=O) groups excluding carboxylic acids is 2. The van der Waals surface area contributed by atoms with Gasteiger partial charge in [-0.2, -0.15) is 23.7 Å². The zero-order valence-electron chi connectivity index (χ0n) is 19.9. The summed E-state index contributed by atoms with van der Waals surface area (Å²) in [5.74, 6) is -1.59. The third-order valence-corrected chi connectivity index (χ3v) is 5.92. The number of carbonyl (C=O) groups is 2. The number of allylic oxidation sites excluding steroid dienone is 1. The van der Waals surface area contributed by atoms with Gasteiger partial charge >= 0.3 is 12.2 Å². The number of rotatable bonds is 4. The first-order valence-corrected chi connectivity index (χ1v) is 10.8. The van der Waals surface area contributed by atoms with Gasteiger partial charge in [0.2, 0.25) is 0 Å². The highest BCUT2D eigenvalue weighted by molar-refractivity contribution is 5.99. The van der Waals surface area contributed by atoms with Crippen molar-refractivity contribution in [2.75, 3.05) is 4.90 Å². The van der Waals surface area contributed by atoms with E-state index in [9.17, 15) is 33.1 Å². The molecule has 10 heteroatoms. The summed E-state index contributed by atoms with van der Waals surface area (Å²) < 4.78 is 40.2. The first-order valence-electron chi connectivity index (χ1n) is 10.8. The van der Waals surface area contributed by atoms with Crippen LogP contribution in [0, 0.1) is 28.1 Å². The second-order valence-electron chi connectivity index (χ2n) is 9.41. The number of carboxylic acid groups (broad SMARTS) is 1. The number of carboxylic acids is 1. The smallest absolute Gasteiger partial charge is 0.416 e. The largest absolute Gasteiger partial charge is 0.548 e. The van der Waals surface area contributed by atoms with Gasteiger partial charge in [0, 0.05) is 5.70 Å². The first-order chi connectivity index (χ1) is 16.7. The van der Waals surface area contributed by atoms with Crippen molar-refractivity contribution in [2.45, 2.75) is 46.0 Å². The lowest BCUT2D eigenvalue weighted by Crippen LogP contribution is -2.62. The Labute approximate surface area is 206 Å². The monoisotopic (exact) mass is 495 g/mol. The minimum Gasteiger partial charge on any atom is -0.548 e. The molecule has 0 radical (unpaired) electrons. The van der Waals surface area contributed by atoms with Crippen molar-refractivity contribution in [2.24, 2.45) is 5.41 Å². The third kappa shape index (κ3) is 4.76. The van der Waals surface area contributed by atoms with Crippen molar-refractivity contribution in [1.29, 1.82) is 10.5 Å². The van der Waals surface area contributed by atoms with Gasteiger partial charge < -0.3 is 14.8 Å². The lowest BCUT2D eigenvalue weighted by molar-refractivity contribution is -0.314. The fraction of sp³-hybridized carbons (Fsp3) is 0.308. The highest BCUT2D eigenvalue weighted by Crippen LogP contribution is 2.43. The van der Waals surface area contributed by atoms with Crippen LogP contribution in [0.15, 0.2) is 59.8 Å². The molecule has 7 nitrogen and oxygen atoms in total. The molecule has 0 aromatic heterocycles. The molecule has 186 valence electrons. The van der Waals surface area contributed by atoms with Crippen LogP contribution in [0.5, 0.6) is 0 Å². The topological polar surface area (TPSA) is 111 Å². The number of aliphatic carboxylic acids is 1. The van der Waals surface area contributed by atoms with Gasteiger partial charge in [-0.3, -0.25) is 4.90 Å². The number of hydrogen-bond donors (Lipinski definition) is 0. The molecule has 0 aliphatic carbocycles. The van der Waals surface area contributed by atoms with E-state index in [0.717, 1.165) is 28.0 Å². The molecule has 36 heavy (non-hydrogen) atoms. The molecule has 0 spiro atoms. The zero-order valence-corrected chi connectivity index (χ0v) is 19.9. The summed E-state index contributed by atoms with van der Waals surface area (Å²) in [5.41, 5.74) is -1.57. The molecular weight excluding hydrogens is 473 g/mol. The van der Waals surface area contributed by atoms with E-state index in [0.29, 0.717) is 11.1 Å². The standard InChI is InChI=1S/C26H23F3N4O3/c1-15-20(14-31)21(17-10-8-16(13-30)9-11-17)33(22(23(34)35)25(2,3)4)24(36)32(15)19-7-5-6-18(12-19)26(27,28)29/h5-12,21-22H,1-4H3,(H,34,35)/p-1/t21-,22?/m1/s1.